The highest BCUT2D eigenvalue weighted by Crippen LogP contribution is 2.28. The topological polar surface area (TPSA) is 66.8 Å². The quantitative estimate of drug-likeness (QED) is 0.500. The number of aromatic nitrogens is 1. The lowest BCUT2D eigenvalue weighted by atomic mass is 9.94. The molecule has 1 unspecified atom stereocenters. The Morgan fingerprint density at radius 2 is 2.10 bits per heavy atom. The van der Waals surface area contributed by atoms with Crippen LogP contribution in [-0.2, 0) is 13.0 Å². The number of nitrogens with one attached hydrogen (secondary N) is 1. The van der Waals surface area contributed by atoms with Crippen LogP contribution in [0.3, 0.4) is 0 Å². The fourth-order valence-electron chi connectivity index (χ4n) is 3.99. The molecule has 2 aromatic rings. The Bertz CT molecular complexity index is 735. The Kier molecular flexibility index (Phi) is 9.39. The average Bonchev–Trinajstić information content (AvgIpc) is 3.29. The van der Waals surface area contributed by atoms with Crippen molar-refractivity contribution in [2.45, 2.75) is 57.2 Å². The summed E-state index contributed by atoms with van der Waals surface area (Å²) in [6.07, 6.45) is 6.81. The van der Waals surface area contributed by atoms with Crippen LogP contribution in [0, 0.1) is 0 Å². The van der Waals surface area contributed by atoms with E-state index in [4.69, 9.17) is 9.47 Å². The van der Waals surface area contributed by atoms with E-state index >= 15 is 0 Å². The minimum absolute atomic E-state index is 0.263. The second kappa shape index (κ2) is 12.2. The van der Waals surface area contributed by atoms with Gasteiger partial charge in [0.05, 0.1) is 18.3 Å². The van der Waals surface area contributed by atoms with Crippen LogP contribution in [0.25, 0.3) is 0 Å². The molecule has 0 saturated heterocycles. The zero-order valence-corrected chi connectivity index (χ0v) is 19.0. The molecule has 1 aliphatic rings. The Labute approximate surface area is 184 Å². The lowest BCUT2D eigenvalue weighted by Crippen LogP contribution is -2.40. The zero-order valence-electron chi connectivity index (χ0n) is 18.2. The van der Waals surface area contributed by atoms with Crippen molar-refractivity contribution in [3.05, 3.63) is 40.3 Å². The van der Waals surface area contributed by atoms with Crippen LogP contribution in [0.4, 0.5) is 0 Å². The number of hydrogen-bond donors (Lipinski definition) is 2. The maximum Gasteiger partial charge on any atom is 0.161 e. The van der Waals surface area contributed by atoms with Gasteiger partial charge in [0.25, 0.3) is 0 Å². The number of nitrogens with zero attached hydrogens (tertiary/aromatic N) is 2. The van der Waals surface area contributed by atoms with Gasteiger partial charge in [0.2, 0.25) is 0 Å². The molecule has 0 aliphatic heterocycles. The first-order valence-corrected chi connectivity index (χ1v) is 11.9. The van der Waals surface area contributed by atoms with E-state index in [2.05, 4.69) is 27.6 Å². The molecule has 0 spiro atoms. The van der Waals surface area contributed by atoms with Gasteiger partial charge in [0, 0.05) is 37.5 Å². The number of likely N-dealkylation sites (N-methyl/N-ethyl adjacent to an activating group) is 1. The second-order valence-corrected chi connectivity index (χ2v) is 8.81. The third kappa shape index (κ3) is 7.23. The third-order valence-electron chi connectivity index (χ3n) is 5.73. The molecule has 6 nitrogen and oxygen atoms in total. The van der Waals surface area contributed by atoms with Gasteiger partial charge in [0.15, 0.2) is 11.5 Å². The SMILES string of the molecule is COc1cc(CNCCc2cscn2)ccc1OCC(O)CN(C)C1CCCCC1. The van der Waals surface area contributed by atoms with E-state index in [1.54, 1.807) is 18.4 Å². The summed E-state index contributed by atoms with van der Waals surface area (Å²) in [6.45, 7) is 2.53. The molecule has 3 rings (SSSR count). The van der Waals surface area contributed by atoms with E-state index in [0.29, 0.717) is 24.1 Å². The van der Waals surface area contributed by atoms with Crippen LogP contribution in [0.1, 0.15) is 43.4 Å². The van der Waals surface area contributed by atoms with Crippen LogP contribution in [0.2, 0.25) is 0 Å². The van der Waals surface area contributed by atoms with Gasteiger partial charge in [0.1, 0.15) is 12.7 Å². The van der Waals surface area contributed by atoms with Crippen molar-refractivity contribution in [1.29, 1.82) is 0 Å². The minimum Gasteiger partial charge on any atom is -0.493 e. The van der Waals surface area contributed by atoms with Crippen molar-refractivity contribution in [3.8, 4) is 11.5 Å². The summed E-state index contributed by atoms with van der Waals surface area (Å²) in [5.41, 5.74) is 4.13. The van der Waals surface area contributed by atoms with Gasteiger partial charge in [-0.3, -0.25) is 0 Å². The molecule has 0 amide bonds. The van der Waals surface area contributed by atoms with Crippen LogP contribution in [-0.4, -0.2) is 61.0 Å². The zero-order chi connectivity index (χ0) is 21.2. The molecule has 1 aromatic heterocycles. The maximum absolute atomic E-state index is 10.4. The van der Waals surface area contributed by atoms with Crippen molar-refractivity contribution >= 4 is 11.3 Å². The first-order chi connectivity index (χ1) is 14.7. The van der Waals surface area contributed by atoms with E-state index in [9.17, 15) is 5.11 Å². The van der Waals surface area contributed by atoms with E-state index in [-0.39, 0.29) is 6.61 Å². The maximum atomic E-state index is 10.4. The lowest BCUT2D eigenvalue weighted by molar-refractivity contribution is 0.0553. The third-order valence-corrected chi connectivity index (χ3v) is 6.36. The number of hydrogen-bond acceptors (Lipinski definition) is 7. The number of thiazole rings is 1. The Morgan fingerprint density at radius 3 is 2.83 bits per heavy atom. The molecule has 166 valence electrons. The number of methoxy groups -OCH3 is 1. The second-order valence-electron chi connectivity index (χ2n) is 8.09. The standard InChI is InChI=1S/C23H35N3O3S/c1-26(20-6-4-3-5-7-20)14-21(27)15-29-22-9-8-18(12-23(22)28-2)13-24-11-10-19-16-30-17-25-19/h8-9,12,16-17,20-21,24,27H,3-7,10-11,13-15H2,1-2H3. The number of aliphatic hydroxyl groups is 1. The van der Waals surface area contributed by atoms with Crippen molar-refractivity contribution in [2.75, 3.05) is 33.9 Å². The van der Waals surface area contributed by atoms with Gasteiger partial charge in [-0.1, -0.05) is 25.3 Å². The Balaban J connectivity index is 1.42. The summed E-state index contributed by atoms with van der Waals surface area (Å²) in [7, 11) is 3.75. The molecule has 0 radical (unpaired) electrons. The molecule has 30 heavy (non-hydrogen) atoms. The van der Waals surface area contributed by atoms with Gasteiger partial charge in [-0.05, 0) is 37.6 Å². The van der Waals surface area contributed by atoms with E-state index in [0.717, 1.165) is 30.8 Å². The van der Waals surface area contributed by atoms with E-state index in [1.165, 1.54) is 32.1 Å². The first-order valence-electron chi connectivity index (χ1n) is 10.9. The summed E-state index contributed by atoms with van der Waals surface area (Å²) in [5, 5.41) is 15.9. The molecule has 1 saturated carbocycles. The monoisotopic (exact) mass is 433 g/mol. The molecule has 1 fully saturated rings. The average molecular weight is 434 g/mol. The molecule has 1 heterocycles. The molecule has 7 heteroatoms. The predicted octanol–water partition coefficient (Wildman–Crippen LogP) is 3.49. The first kappa shape index (κ1) is 23.0. The highest BCUT2D eigenvalue weighted by molar-refractivity contribution is 7.07. The van der Waals surface area contributed by atoms with Crippen molar-refractivity contribution in [3.63, 3.8) is 0 Å². The summed E-state index contributed by atoms with van der Waals surface area (Å²) in [6, 6.07) is 6.54. The fraction of sp³-hybridized carbons (Fsp3) is 0.609. The molecule has 1 aliphatic carbocycles. The van der Waals surface area contributed by atoms with Crippen LogP contribution >= 0.6 is 11.3 Å². The molecular weight excluding hydrogens is 398 g/mol. The molecular formula is C23H35N3O3S. The predicted molar refractivity (Wildman–Crippen MR) is 122 cm³/mol. The van der Waals surface area contributed by atoms with Crippen LogP contribution in [0.15, 0.2) is 29.1 Å². The summed E-state index contributed by atoms with van der Waals surface area (Å²) in [5.74, 6) is 1.37. The van der Waals surface area contributed by atoms with Gasteiger partial charge >= 0.3 is 0 Å². The van der Waals surface area contributed by atoms with Crippen molar-refractivity contribution in [1.82, 2.24) is 15.2 Å². The Hall–Kier alpha value is -1.67. The Morgan fingerprint density at radius 1 is 1.27 bits per heavy atom. The normalized spacial score (nSPS) is 16.0. The van der Waals surface area contributed by atoms with Crippen LogP contribution < -0.4 is 14.8 Å². The van der Waals surface area contributed by atoms with Crippen molar-refractivity contribution in [2.24, 2.45) is 0 Å². The van der Waals surface area contributed by atoms with Gasteiger partial charge < -0.3 is 24.8 Å². The lowest BCUT2D eigenvalue weighted by Gasteiger charge is -2.32. The number of aliphatic hydroxyl groups excluding tert-OH is 1. The van der Waals surface area contributed by atoms with Gasteiger partial charge in [-0.25, -0.2) is 4.98 Å². The number of ether oxygens (including phenoxy) is 2. The van der Waals surface area contributed by atoms with Gasteiger partial charge in [-0.15, -0.1) is 11.3 Å². The fourth-order valence-corrected chi connectivity index (χ4v) is 4.59. The summed E-state index contributed by atoms with van der Waals surface area (Å²) in [4.78, 5) is 6.58. The summed E-state index contributed by atoms with van der Waals surface area (Å²) >= 11 is 1.63. The largest absolute Gasteiger partial charge is 0.493 e. The van der Waals surface area contributed by atoms with E-state index < -0.39 is 6.10 Å². The number of rotatable bonds is 12. The van der Waals surface area contributed by atoms with E-state index in [1.807, 2.05) is 23.7 Å². The van der Waals surface area contributed by atoms with Crippen molar-refractivity contribution < 1.29 is 14.6 Å². The summed E-state index contributed by atoms with van der Waals surface area (Å²) < 4.78 is 11.4. The highest BCUT2D eigenvalue weighted by atomic mass is 32.1. The van der Waals surface area contributed by atoms with Gasteiger partial charge in [-0.2, -0.15) is 0 Å². The van der Waals surface area contributed by atoms with Crippen LogP contribution in [0.5, 0.6) is 11.5 Å². The smallest absolute Gasteiger partial charge is 0.161 e. The number of benzene rings is 1. The molecule has 0 bridgehead atoms. The molecule has 2 N–H and O–H groups in total. The molecule has 1 atom stereocenters. The minimum atomic E-state index is -0.520. The molecule has 1 aromatic carbocycles. The highest BCUT2D eigenvalue weighted by Gasteiger charge is 2.20.